The van der Waals surface area contributed by atoms with E-state index < -0.39 is 17.9 Å². The Hall–Kier alpha value is -2.63. The van der Waals surface area contributed by atoms with Crippen molar-refractivity contribution >= 4 is 11.9 Å². The molecule has 0 radical (unpaired) electrons. The van der Waals surface area contributed by atoms with Crippen LogP contribution in [0.1, 0.15) is 35.6 Å². The summed E-state index contributed by atoms with van der Waals surface area (Å²) in [7, 11) is 1.79. The number of carboxylic acid groups (broad SMARTS) is 1. The Morgan fingerprint density at radius 2 is 2.21 bits per heavy atom. The fourth-order valence-corrected chi connectivity index (χ4v) is 3.41. The minimum absolute atomic E-state index is 0.0112. The van der Waals surface area contributed by atoms with Crippen molar-refractivity contribution in [3.63, 3.8) is 0 Å². The Morgan fingerprint density at radius 1 is 1.42 bits per heavy atom. The van der Waals surface area contributed by atoms with Crippen LogP contribution in [0, 0.1) is 12.8 Å². The minimum Gasteiger partial charge on any atom is -0.481 e. The molecule has 0 spiro atoms. The highest BCUT2D eigenvalue weighted by Crippen LogP contribution is 2.37. The Kier molecular flexibility index (Phi) is 4.38. The molecule has 1 saturated heterocycles. The van der Waals surface area contributed by atoms with Crippen molar-refractivity contribution in [2.45, 2.75) is 32.4 Å². The summed E-state index contributed by atoms with van der Waals surface area (Å²) in [6.07, 6.45) is 4.07. The summed E-state index contributed by atoms with van der Waals surface area (Å²) in [6, 6.07) is 7.45. The molecule has 2 unspecified atom stereocenters. The van der Waals surface area contributed by atoms with Crippen molar-refractivity contribution in [2.75, 3.05) is 0 Å². The molecule has 126 valence electrons. The van der Waals surface area contributed by atoms with Crippen LogP contribution in [0.3, 0.4) is 0 Å². The van der Waals surface area contributed by atoms with Gasteiger partial charge in [-0.3, -0.25) is 14.3 Å². The molecule has 3 rings (SSSR count). The number of carbonyl (C=O) groups excluding carboxylic acids is 1. The molecule has 1 N–H and O–H groups in total. The molecular formula is C18H21N3O3. The van der Waals surface area contributed by atoms with E-state index in [2.05, 4.69) is 5.10 Å². The van der Waals surface area contributed by atoms with Crippen molar-refractivity contribution in [3.05, 3.63) is 53.3 Å². The highest BCUT2D eigenvalue weighted by Gasteiger charge is 2.41. The Labute approximate surface area is 140 Å². The molecule has 2 aromatic rings. The number of benzene rings is 1. The number of nitrogens with zero attached hydrogens (tertiary/aromatic N) is 3. The molecule has 6 nitrogen and oxygen atoms in total. The zero-order chi connectivity index (χ0) is 17.3. The van der Waals surface area contributed by atoms with Gasteiger partial charge in [-0.25, -0.2) is 0 Å². The zero-order valence-corrected chi connectivity index (χ0v) is 13.8. The van der Waals surface area contributed by atoms with Gasteiger partial charge in [0, 0.05) is 31.8 Å². The van der Waals surface area contributed by atoms with Gasteiger partial charge in [0.2, 0.25) is 5.91 Å². The quantitative estimate of drug-likeness (QED) is 0.935. The van der Waals surface area contributed by atoms with Crippen LogP contribution in [0.5, 0.6) is 0 Å². The number of likely N-dealkylation sites (tertiary alicyclic amines) is 1. The number of aliphatic carboxylic acids is 1. The molecule has 0 aliphatic carbocycles. The van der Waals surface area contributed by atoms with Crippen LogP contribution in [0.2, 0.25) is 0 Å². The van der Waals surface area contributed by atoms with Crippen molar-refractivity contribution in [1.29, 1.82) is 0 Å². The van der Waals surface area contributed by atoms with E-state index in [1.807, 2.05) is 31.2 Å². The number of aromatic nitrogens is 2. The van der Waals surface area contributed by atoms with Gasteiger partial charge >= 0.3 is 5.97 Å². The van der Waals surface area contributed by atoms with Crippen molar-refractivity contribution in [3.8, 4) is 0 Å². The first-order chi connectivity index (χ1) is 11.5. The maximum Gasteiger partial charge on any atom is 0.308 e. The van der Waals surface area contributed by atoms with Gasteiger partial charge in [0.25, 0.3) is 0 Å². The van der Waals surface area contributed by atoms with Crippen LogP contribution >= 0.6 is 0 Å². The number of carboxylic acids is 1. The van der Waals surface area contributed by atoms with E-state index in [0.29, 0.717) is 13.0 Å². The molecule has 1 aromatic heterocycles. The summed E-state index contributed by atoms with van der Waals surface area (Å²) in [5.74, 6) is -1.50. The van der Waals surface area contributed by atoms with Gasteiger partial charge in [-0.1, -0.05) is 29.8 Å². The lowest BCUT2D eigenvalue weighted by Gasteiger charge is -2.39. The first kappa shape index (κ1) is 16.2. The number of carbonyl (C=O) groups is 2. The first-order valence-corrected chi connectivity index (χ1v) is 8.02. The van der Waals surface area contributed by atoms with E-state index in [-0.39, 0.29) is 12.3 Å². The number of aryl methyl sites for hydroxylation is 2. The van der Waals surface area contributed by atoms with Gasteiger partial charge in [-0.05, 0) is 18.9 Å². The summed E-state index contributed by atoms with van der Waals surface area (Å²) >= 11 is 0. The van der Waals surface area contributed by atoms with Gasteiger partial charge < -0.3 is 10.0 Å². The SMILES string of the molecule is Cc1cccc(CN2C(=O)CCC(C(=O)O)C2c2cnn(C)c2)c1. The normalized spacial score (nSPS) is 21.1. The lowest BCUT2D eigenvalue weighted by Crippen LogP contribution is -2.44. The van der Waals surface area contributed by atoms with E-state index in [9.17, 15) is 14.7 Å². The summed E-state index contributed by atoms with van der Waals surface area (Å²) in [5.41, 5.74) is 2.89. The average molecular weight is 327 g/mol. The second-order valence-corrected chi connectivity index (χ2v) is 6.39. The van der Waals surface area contributed by atoms with E-state index >= 15 is 0 Å². The molecule has 2 atom stereocenters. The molecule has 1 aliphatic rings. The maximum absolute atomic E-state index is 12.5. The van der Waals surface area contributed by atoms with Crippen molar-refractivity contribution < 1.29 is 14.7 Å². The molecule has 0 bridgehead atoms. The lowest BCUT2D eigenvalue weighted by atomic mass is 9.85. The fourth-order valence-electron chi connectivity index (χ4n) is 3.41. The highest BCUT2D eigenvalue weighted by molar-refractivity contribution is 5.81. The fraction of sp³-hybridized carbons (Fsp3) is 0.389. The van der Waals surface area contributed by atoms with E-state index in [1.54, 1.807) is 29.0 Å². The van der Waals surface area contributed by atoms with Crippen LogP contribution in [0.4, 0.5) is 0 Å². The first-order valence-electron chi connectivity index (χ1n) is 8.02. The van der Waals surface area contributed by atoms with Gasteiger partial charge in [0.1, 0.15) is 0 Å². The van der Waals surface area contributed by atoms with Crippen LogP contribution in [-0.4, -0.2) is 31.7 Å². The van der Waals surface area contributed by atoms with Gasteiger partial charge in [0.15, 0.2) is 0 Å². The second kappa shape index (κ2) is 6.47. The molecule has 24 heavy (non-hydrogen) atoms. The van der Waals surface area contributed by atoms with Crippen LogP contribution in [0.25, 0.3) is 0 Å². The van der Waals surface area contributed by atoms with E-state index in [1.165, 1.54) is 0 Å². The predicted octanol–water partition coefficient (Wildman–Crippen LogP) is 2.29. The van der Waals surface area contributed by atoms with Gasteiger partial charge in [-0.2, -0.15) is 5.10 Å². The van der Waals surface area contributed by atoms with E-state index in [0.717, 1.165) is 16.7 Å². The molecule has 1 fully saturated rings. The molecule has 2 heterocycles. The Bertz CT molecular complexity index is 768. The number of amides is 1. The smallest absolute Gasteiger partial charge is 0.308 e. The molecule has 0 saturated carbocycles. The second-order valence-electron chi connectivity index (χ2n) is 6.39. The highest BCUT2D eigenvalue weighted by atomic mass is 16.4. The number of hydrogen-bond acceptors (Lipinski definition) is 3. The third-order valence-electron chi connectivity index (χ3n) is 4.53. The molecule has 6 heteroatoms. The average Bonchev–Trinajstić information content (AvgIpc) is 2.95. The zero-order valence-electron chi connectivity index (χ0n) is 13.8. The van der Waals surface area contributed by atoms with Crippen molar-refractivity contribution in [2.24, 2.45) is 13.0 Å². The lowest BCUT2D eigenvalue weighted by molar-refractivity contribution is -0.152. The van der Waals surface area contributed by atoms with Gasteiger partial charge in [0.05, 0.1) is 18.2 Å². The third-order valence-corrected chi connectivity index (χ3v) is 4.53. The largest absolute Gasteiger partial charge is 0.481 e. The number of piperidine rings is 1. The summed E-state index contributed by atoms with van der Waals surface area (Å²) in [5, 5.41) is 13.8. The molecule has 1 amide bonds. The van der Waals surface area contributed by atoms with Crippen LogP contribution < -0.4 is 0 Å². The standard InChI is InChI=1S/C18H21N3O3/c1-12-4-3-5-13(8-12)10-21-16(22)7-6-15(18(23)24)17(21)14-9-19-20(2)11-14/h3-5,8-9,11,15,17H,6-7,10H2,1-2H3,(H,23,24). The minimum atomic E-state index is -0.870. The summed E-state index contributed by atoms with van der Waals surface area (Å²) in [6.45, 7) is 2.41. The molecule has 1 aliphatic heterocycles. The topological polar surface area (TPSA) is 75.4 Å². The summed E-state index contributed by atoms with van der Waals surface area (Å²) in [4.78, 5) is 26.0. The maximum atomic E-state index is 12.5. The third kappa shape index (κ3) is 3.18. The summed E-state index contributed by atoms with van der Waals surface area (Å²) < 4.78 is 1.64. The van der Waals surface area contributed by atoms with Crippen LogP contribution in [-0.2, 0) is 23.2 Å². The Balaban J connectivity index is 1.98. The van der Waals surface area contributed by atoms with Crippen molar-refractivity contribution in [1.82, 2.24) is 14.7 Å². The number of rotatable bonds is 4. The van der Waals surface area contributed by atoms with Gasteiger partial charge in [-0.15, -0.1) is 0 Å². The molecular weight excluding hydrogens is 306 g/mol. The Morgan fingerprint density at radius 3 is 2.83 bits per heavy atom. The predicted molar refractivity (Wildman–Crippen MR) is 88.0 cm³/mol. The monoisotopic (exact) mass is 327 g/mol. The number of hydrogen-bond donors (Lipinski definition) is 1. The molecule has 1 aromatic carbocycles. The van der Waals surface area contributed by atoms with E-state index in [4.69, 9.17) is 0 Å². The van der Waals surface area contributed by atoms with Crippen LogP contribution in [0.15, 0.2) is 36.7 Å².